The summed E-state index contributed by atoms with van der Waals surface area (Å²) in [6, 6.07) is 3.96. The fraction of sp³-hybridized carbons (Fsp3) is 0. The van der Waals surface area contributed by atoms with E-state index in [2.05, 4.69) is 11.6 Å². The Morgan fingerprint density at radius 3 is 2.00 bits per heavy atom. The zero-order chi connectivity index (χ0) is 3.54. The van der Waals surface area contributed by atoms with Crippen molar-refractivity contribution < 1.29 is 46.5 Å². The van der Waals surface area contributed by atoms with Crippen molar-refractivity contribution in [1.82, 2.24) is 0 Å². The van der Waals surface area contributed by atoms with Crippen molar-refractivity contribution >= 4 is 8.19 Å². The largest absolute Gasteiger partial charge is 3.00 e. The third-order valence-corrected chi connectivity index (χ3v) is 1.13. The Bertz CT molecular complexity index is 70.5. The molecule has 4 heteroatoms. The topological polar surface area (TPSA) is 0 Å². The van der Waals surface area contributed by atoms with Gasteiger partial charge in [0.25, 0.3) is 0 Å². The quantitative estimate of drug-likeness (QED) is 0.294. The molecule has 8 heavy (non-hydrogen) atoms. The van der Waals surface area contributed by atoms with E-state index in [9.17, 15) is 0 Å². The van der Waals surface area contributed by atoms with Gasteiger partial charge in [-0.05, 0) is 0 Å². The summed E-state index contributed by atoms with van der Waals surface area (Å²) in [4.78, 5) is 0. The first-order chi connectivity index (χ1) is 2.50. The van der Waals surface area contributed by atoms with Gasteiger partial charge in [-0.25, -0.2) is 6.07 Å². The molecule has 0 N–H and O–H groups in total. The molecule has 1 heterocycles. The maximum Gasteiger partial charge on any atom is 3.00 e. The zero-order valence-electron chi connectivity index (χ0n) is 3.99. The zero-order valence-corrected chi connectivity index (χ0v) is 8.06. The minimum absolute atomic E-state index is 0. The van der Waals surface area contributed by atoms with E-state index in [0.29, 0.717) is 0 Å². The molecule has 1 radical (unpaired) electrons. The fourth-order valence-corrected chi connectivity index (χ4v) is 0.722. The van der Waals surface area contributed by atoms with E-state index in [-0.39, 0.29) is 46.5 Å². The van der Waals surface area contributed by atoms with Gasteiger partial charge in [-0.15, -0.1) is 0 Å². The molecule has 1 rings (SSSR count). The first-order valence-electron chi connectivity index (χ1n) is 1.49. The fourth-order valence-electron chi connectivity index (χ4n) is 0.241. The van der Waals surface area contributed by atoms with Crippen LogP contribution in [0.4, 0.5) is 0 Å². The van der Waals surface area contributed by atoms with Gasteiger partial charge in [0, 0.05) is 0 Å². The Morgan fingerprint density at radius 1 is 1.25 bits per heavy atom. The van der Waals surface area contributed by atoms with Gasteiger partial charge in [0.2, 0.25) is 0 Å². The number of rotatable bonds is 0. The Morgan fingerprint density at radius 2 is 1.88 bits per heavy atom. The van der Waals surface area contributed by atoms with E-state index in [1.807, 2.05) is 12.1 Å². The summed E-state index contributed by atoms with van der Waals surface area (Å²) in [5.74, 6) is 5.11. The molecule has 43 valence electrons. The molecule has 0 saturated heterocycles. The second kappa shape index (κ2) is 11.0. The molecule has 0 nitrogen and oxygen atoms in total. The molecular weight excluding hydrogens is 198 g/mol. The molecule has 0 fully saturated rings. The van der Waals surface area contributed by atoms with Crippen molar-refractivity contribution in [2.24, 2.45) is 0 Å². The summed E-state index contributed by atoms with van der Waals surface area (Å²) < 4.78 is 0. The SMILES string of the molecule is [Cl-].[Cl-].[Ti+3].[c-]1ccc[pH]1. The minimum Gasteiger partial charge on any atom is -1.00 e. The summed E-state index contributed by atoms with van der Waals surface area (Å²) in [6.07, 6.45) is 0. The minimum atomic E-state index is 0. The Balaban J connectivity index is -0.0000000833. The maximum atomic E-state index is 3.01. The maximum absolute atomic E-state index is 3.01. The summed E-state index contributed by atoms with van der Waals surface area (Å²) in [7, 11) is 0.823. The molecule has 1 aromatic heterocycles. The second-order valence-corrected chi connectivity index (χ2v) is 1.73. The van der Waals surface area contributed by atoms with Crippen LogP contribution in [0.15, 0.2) is 17.9 Å². The Hall–Kier alpha value is 1.07. The van der Waals surface area contributed by atoms with Crippen LogP contribution in [0.2, 0.25) is 0 Å². The molecule has 0 aliphatic heterocycles. The molecule has 0 bridgehead atoms. The van der Waals surface area contributed by atoms with Crippen LogP contribution < -0.4 is 24.8 Å². The Kier molecular flexibility index (Phi) is 21.9. The third kappa shape index (κ3) is 7.07. The summed E-state index contributed by atoms with van der Waals surface area (Å²) in [5, 5.41) is 0. The third-order valence-electron chi connectivity index (χ3n) is 0.442. The van der Waals surface area contributed by atoms with E-state index in [0.717, 1.165) is 8.19 Å². The molecule has 1 unspecified atom stereocenters. The number of hydrogen-bond acceptors (Lipinski definition) is 0. The summed E-state index contributed by atoms with van der Waals surface area (Å²) in [6.45, 7) is 0. The van der Waals surface area contributed by atoms with Crippen LogP contribution in [0, 0.1) is 5.80 Å². The molecule has 0 aromatic carbocycles. The molecular formula is C4H4Cl2PTi. The van der Waals surface area contributed by atoms with E-state index in [1.165, 1.54) is 0 Å². The monoisotopic (exact) mass is 201 g/mol. The predicted octanol–water partition coefficient (Wildman–Crippen LogP) is -4.48. The van der Waals surface area contributed by atoms with Gasteiger partial charge >= 0.3 is 21.7 Å². The summed E-state index contributed by atoms with van der Waals surface area (Å²) in [5.41, 5.74) is 0. The second-order valence-electron chi connectivity index (χ2n) is 0.814. The van der Waals surface area contributed by atoms with Crippen LogP contribution >= 0.6 is 8.19 Å². The van der Waals surface area contributed by atoms with Gasteiger partial charge in [0.1, 0.15) is 0 Å². The predicted molar refractivity (Wildman–Crippen MR) is 24.8 cm³/mol. The molecule has 0 aliphatic carbocycles. The average molecular weight is 202 g/mol. The van der Waals surface area contributed by atoms with Crippen molar-refractivity contribution in [3.63, 3.8) is 0 Å². The van der Waals surface area contributed by atoms with Crippen LogP contribution in [0.25, 0.3) is 0 Å². The summed E-state index contributed by atoms with van der Waals surface area (Å²) >= 11 is 0. The first-order valence-corrected chi connectivity index (χ1v) is 2.57. The van der Waals surface area contributed by atoms with Gasteiger partial charge in [-0.1, -0.05) is 0 Å². The van der Waals surface area contributed by atoms with Crippen molar-refractivity contribution in [3.05, 3.63) is 23.7 Å². The van der Waals surface area contributed by atoms with Crippen molar-refractivity contribution in [3.8, 4) is 0 Å². The first kappa shape index (κ1) is 16.0. The smallest absolute Gasteiger partial charge is 1.00 e. The molecule has 1 atom stereocenters. The van der Waals surface area contributed by atoms with E-state index < -0.39 is 0 Å². The van der Waals surface area contributed by atoms with Crippen molar-refractivity contribution in [1.29, 1.82) is 0 Å². The van der Waals surface area contributed by atoms with Crippen molar-refractivity contribution in [2.75, 3.05) is 0 Å². The van der Waals surface area contributed by atoms with E-state index >= 15 is 0 Å². The van der Waals surface area contributed by atoms with E-state index in [1.54, 1.807) is 0 Å². The van der Waals surface area contributed by atoms with Crippen LogP contribution in [-0.4, -0.2) is 0 Å². The Labute approximate surface area is 78.2 Å². The molecule has 0 aliphatic rings. The standard InChI is InChI=1S/C4H4P.2ClH.Ti/c1-2-4-5-3-1;;;/h1-3,5H;2*1H;/q-1;;;+3/p-2. The van der Waals surface area contributed by atoms with Crippen LogP contribution in [0.5, 0.6) is 0 Å². The number of hydrogen-bond donors (Lipinski definition) is 0. The van der Waals surface area contributed by atoms with Crippen LogP contribution in [-0.2, 0) is 21.7 Å². The van der Waals surface area contributed by atoms with Crippen molar-refractivity contribution in [2.45, 2.75) is 0 Å². The van der Waals surface area contributed by atoms with E-state index in [4.69, 9.17) is 0 Å². The normalized spacial score (nSPS) is 6.00. The van der Waals surface area contributed by atoms with Crippen LogP contribution in [0.3, 0.4) is 0 Å². The molecule has 0 saturated carbocycles. The van der Waals surface area contributed by atoms with Gasteiger partial charge < -0.3 is 24.8 Å². The average Bonchev–Trinajstić information content (AvgIpc) is 1.76. The number of halogens is 2. The van der Waals surface area contributed by atoms with Crippen LogP contribution in [0.1, 0.15) is 0 Å². The molecule has 0 amide bonds. The molecule has 1 aromatic rings. The van der Waals surface area contributed by atoms with Gasteiger partial charge in [0.15, 0.2) is 0 Å². The van der Waals surface area contributed by atoms with Gasteiger partial charge in [-0.3, -0.25) is 8.19 Å². The van der Waals surface area contributed by atoms with Gasteiger partial charge in [0.05, 0.1) is 0 Å². The van der Waals surface area contributed by atoms with Gasteiger partial charge in [-0.2, -0.15) is 17.7 Å². The molecule has 0 spiro atoms.